The zero-order valence-electron chi connectivity index (χ0n) is 27.5. The van der Waals surface area contributed by atoms with Crippen molar-refractivity contribution in [2.75, 3.05) is 20.3 Å². The number of hydrogen-bond acceptors (Lipinski definition) is 8. The van der Waals surface area contributed by atoms with Gasteiger partial charge in [0.1, 0.15) is 0 Å². The van der Waals surface area contributed by atoms with E-state index in [1.54, 1.807) is 0 Å². The first-order valence-electron chi connectivity index (χ1n) is 15.4. The van der Waals surface area contributed by atoms with E-state index < -0.39 is 0 Å². The van der Waals surface area contributed by atoms with E-state index in [1.165, 1.54) is 21.0 Å². The summed E-state index contributed by atoms with van der Waals surface area (Å²) in [6, 6.07) is 10.2. The number of H-pyrrole nitrogens is 2. The summed E-state index contributed by atoms with van der Waals surface area (Å²) in [6.07, 6.45) is 1.76. The molecule has 3 aromatic rings. The molecule has 0 aliphatic carbocycles. The number of nitrogens with zero attached hydrogens (tertiary/aromatic N) is 2. The fourth-order valence-electron chi connectivity index (χ4n) is 5.99. The van der Waals surface area contributed by atoms with E-state index in [0.29, 0.717) is 19.3 Å². The molecule has 2 aliphatic heterocycles. The van der Waals surface area contributed by atoms with E-state index in [4.69, 9.17) is 24.2 Å². The van der Waals surface area contributed by atoms with Gasteiger partial charge >= 0.3 is 17.9 Å². The largest absolute Gasteiger partial charge is 0.469 e. The predicted octanol–water partition coefficient (Wildman–Crippen LogP) is 6.81. The van der Waals surface area contributed by atoms with Crippen LogP contribution in [0, 0.1) is 13.8 Å². The lowest BCUT2D eigenvalue weighted by molar-refractivity contribution is -0.141. The first-order chi connectivity index (χ1) is 21.9. The minimum Gasteiger partial charge on any atom is -0.469 e. The van der Waals surface area contributed by atoms with Gasteiger partial charge in [-0.1, -0.05) is 0 Å². The zero-order chi connectivity index (χ0) is 33.1. The first kappa shape index (κ1) is 32.4. The zero-order valence-corrected chi connectivity index (χ0v) is 27.5. The third kappa shape index (κ3) is 6.96. The molecule has 2 N–H and O–H groups in total. The van der Waals surface area contributed by atoms with E-state index in [2.05, 4.69) is 22.1 Å². The van der Waals surface area contributed by atoms with Gasteiger partial charge < -0.3 is 24.2 Å². The van der Waals surface area contributed by atoms with Crippen molar-refractivity contribution < 1.29 is 28.6 Å². The Morgan fingerprint density at radius 3 is 1.83 bits per heavy atom. The summed E-state index contributed by atoms with van der Waals surface area (Å²) in [5.74, 6) is -0.933. The van der Waals surface area contributed by atoms with Crippen LogP contribution in [0.5, 0.6) is 0 Å². The van der Waals surface area contributed by atoms with Crippen LogP contribution in [0.2, 0.25) is 0 Å². The minimum absolute atomic E-state index is 0.226. The molecule has 3 aromatic heterocycles. The first-order valence-corrected chi connectivity index (χ1v) is 15.4. The molecule has 0 spiro atoms. The number of carbonyl (C=O) groups is 3. The van der Waals surface area contributed by atoms with Crippen LogP contribution in [0.15, 0.2) is 30.3 Å². The van der Waals surface area contributed by atoms with Crippen LogP contribution in [0.25, 0.3) is 44.4 Å². The van der Waals surface area contributed by atoms with Gasteiger partial charge in [-0.3, -0.25) is 14.4 Å². The smallest absolute Gasteiger partial charge is 0.305 e. The molecule has 0 amide bonds. The molecule has 0 aromatic carbocycles. The molecular formula is C36H40N4O6. The lowest BCUT2D eigenvalue weighted by Crippen LogP contribution is -2.02. The number of hydrogen-bond donors (Lipinski definition) is 2. The Morgan fingerprint density at radius 1 is 0.674 bits per heavy atom. The maximum absolute atomic E-state index is 12.1. The molecule has 5 rings (SSSR count). The Bertz CT molecular complexity index is 1960. The van der Waals surface area contributed by atoms with E-state index in [9.17, 15) is 14.4 Å². The van der Waals surface area contributed by atoms with Crippen LogP contribution in [-0.4, -0.2) is 58.2 Å². The second-order valence-corrected chi connectivity index (χ2v) is 11.7. The molecule has 0 radical (unpaired) electrons. The fraction of sp³-hybridized carbons (Fsp3) is 0.361. The number of nitrogens with one attached hydrogen (secondary N) is 2. The Labute approximate surface area is 267 Å². The molecule has 240 valence electrons. The summed E-state index contributed by atoms with van der Waals surface area (Å²) in [4.78, 5) is 52.4. The molecule has 46 heavy (non-hydrogen) atoms. The molecular weight excluding hydrogens is 584 g/mol. The van der Waals surface area contributed by atoms with E-state index in [0.717, 1.165) is 83.8 Å². The Balaban J connectivity index is 1.80. The number of carbonyl (C=O) groups excluding carboxylic acids is 3. The van der Waals surface area contributed by atoms with Crippen molar-refractivity contribution in [2.24, 2.45) is 0 Å². The Kier molecular flexibility index (Phi) is 9.55. The fourth-order valence-corrected chi connectivity index (χ4v) is 5.99. The van der Waals surface area contributed by atoms with Gasteiger partial charge in [-0.15, -0.1) is 0 Å². The average molecular weight is 625 g/mol. The van der Waals surface area contributed by atoms with Crippen molar-refractivity contribution >= 4 is 62.3 Å². The molecule has 0 saturated carbocycles. The normalized spacial score (nSPS) is 12.8. The van der Waals surface area contributed by atoms with Gasteiger partial charge in [-0.2, -0.15) is 0 Å². The maximum atomic E-state index is 12.1. The molecule has 10 heteroatoms. The number of fused-ring (bicyclic) bond motifs is 8. The Hall–Kier alpha value is -4.99. The highest BCUT2D eigenvalue weighted by Crippen LogP contribution is 2.37. The minimum atomic E-state index is -0.337. The highest BCUT2D eigenvalue weighted by Gasteiger charge is 2.22. The number of ether oxygens (including phenoxy) is 3. The molecule has 5 heterocycles. The quantitative estimate of drug-likeness (QED) is 0.196. The van der Waals surface area contributed by atoms with Gasteiger partial charge in [0.25, 0.3) is 0 Å². The second kappa shape index (κ2) is 13.6. The number of esters is 3. The van der Waals surface area contributed by atoms with Gasteiger partial charge in [0.2, 0.25) is 0 Å². The molecule has 8 bridgehead atoms. The summed E-state index contributed by atoms with van der Waals surface area (Å²) in [5, 5.41) is 0. The monoisotopic (exact) mass is 624 g/mol. The van der Waals surface area contributed by atoms with E-state index in [-0.39, 0.29) is 37.5 Å². The van der Waals surface area contributed by atoms with Gasteiger partial charge in [0.05, 0.1) is 43.1 Å². The van der Waals surface area contributed by atoms with Crippen molar-refractivity contribution in [1.29, 1.82) is 0 Å². The van der Waals surface area contributed by atoms with Crippen molar-refractivity contribution in [3.05, 3.63) is 69.8 Å². The average Bonchev–Trinajstić information content (AvgIpc) is 3.67. The topological polar surface area (TPSA) is 136 Å². The summed E-state index contributed by atoms with van der Waals surface area (Å²) in [6.45, 7) is 11.4. The summed E-state index contributed by atoms with van der Waals surface area (Å²) < 4.78 is 15.5. The molecule has 0 atom stereocenters. The SMILES string of the molecule is COC(=O)CCc1c(C)c2cc3nc(cc4nc(cc5[nH]c(cc5C)cc1[nH]2)C(C)=C4CCOC(C)=O)C(C)=C3CCOC(C)=O. The Morgan fingerprint density at radius 2 is 1.24 bits per heavy atom. The molecule has 10 nitrogen and oxygen atoms in total. The van der Waals surface area contributed by atoms with Crippen LogP contribution in [0.4, 0.5) is 0 Å². The summed E-state index contributed by atoms with van der Waals surface area (Å²) in [7, 11) is 1.40. The maximum Gasteiger partial charge on any atom is 0.305 e. The van der Waals surface area contributed by atoms with Gasteiger partial charge in [-0.05, 0) is 103 Å². The van der Waals surface area contributed by atoms with Crippen LogP contribution in [-0.2, 0) is 35.0 Å². The number of aromatic amines is 2. The van der Waals surface area contributed by atoms with Crippen molar-refractivity contribution in [3.8, 4) is 0 Å². The lowest BCUT2D eigenvalue weighted by atomic mass is 10.0. The van der Waals surface area contributed by atoms with Gasteiger partial charge in [0, 0.05) is 55.2 Å². The van der Waals surface area contributed by atoms with E-state index >= 15 is 0 Å². The predicted molar refractivity (Wildman–Crippen MR) is 178 cm³/mol. The van der Waals surface area contributed by atoms with Crippen LogP contribution < -0.4 is 0 Å². The van der Waals surface area contributed by atoms with Crippen LogP contribution in [0.3, 0.4) is 0 Å². The molecule has 2 aliphatic rings. The number of rotatable bonds is 9. The summed E-state index contributed by atoms with van der Waals surface area (Å²) >= 11 is 0. The highest BCUT2D eigenvalue weighted by atomic mass is 16.5. The van der Waals surface area contributed by atoms with Crippen LogP contribution in [0.1, 0.15) is 86.4 Å². The number of aromatic nitrogens is 4. The third-order valence-electron chi connectivity index (χ3n) is 8.56. The molecule has 0 fully saturated rings. The number of methoxy groups -OCH3 is 1. The van der Waals surface area contributed by atoms with Crippen molar-refractivity contribution in [3.63, 3.8) is 0 Å². The van der Waals surface area contributed by atoms with Crippen LogP contribution >= 0.6 is 0 Å². The van der Waals surface area contributed by atoms with E-state index in [1.807, 2.05) is 45.9 Å². The number of allylic oxidation sites excluding steroid dienone is 2. The summed E-state index contributed by atoms with van der Waals surface area (Å²) in [5.41, 5.74) is 13.7. The molecule has 0 saturated heterocycles. The highest BCUT2D eigenvalue weighted by molar-refractivity contribution is 5.95. The molecule has 0 unspecified atom stereocenters. The third-order valence-corrected chi connectivity index (χ3v) is 8.56. The van der Waals surface area contributed by atoms with Gasteiger partial charge in [0.15, 0.2) is 0 Å². The van der Waals surface area contributed by atoms with Gasteiger partial charge in [-0.25, -0.2) is 9.97 Å². The number of aryl methyl sites for hydroxylation is 3. The second-order valence-electron chi connectivity index (χ2n) is 11.7. The van der Waals surface area contributed by atoms with Crippen molar-refractivity contribution in [1.82, 2.24) is 19.9 Å². The lowest BCUT2D eigenvalue weighted by Gasteiger charge is -2.06. The standard InChI is InChI=1S/C36H40N4O6/c1-19-14-25-15-33-26(8-9-36(43)44-7)20(2)31(38-33)17-35-28(11-13-46-24(6)42)22(4)32(40-35)18-34-27(10-12-45-23(5)41)21(3)30(39-34)16-29(19)37-25/h14-18,37-38H,8-13H2,1-7H3. The van der Waals surface area contributed by atoms with Crippen molar-refractivity contribution in [2.45, 2.75) is 67.2 Å².